The van der Waals surface area contributed by atoms with Gasteiger partial charge in [-0.15, -0.1) is 0 Å². The van der Waals surface area contributed by atoms with E-state index in [9.17, 15) is 0 Å². The Morgan fingerprint density at radius 1 is 1.08 bits per heavy atom. The topological polar surface area (TPSA) is 26.0 Å². The molecule has 1 rings (SSSR count). The maximum atomic E-state index is 5.67. The average molecular weight is 171 g/mol. The summed E-state index contributed by atoms with van der Waals surface area (Å²) in [5, 5.41) is 0. The van der Waals surface area contributed by atoms with Crippen molar-refractivity contribution in [1.29, 1.82) is 0 Å². The number of rotatable bonds is 2. The van der Waals surface area contributed by atoms with Gasteiger partial charge in [-0.05, 0) is 24.8 Å². The SMILES string of the molecule is CC.CCC1CCCCC1CN. The fourth-order valence-electron chi connectivity index (χ4n) is 2.13. The van der Waals surface area contributed by atoms with Crippen molar-refractivity contribution in [2.75, 3.05) is 6.54 Å². The van der Waals surface area contributed by atoms with Gasteiger partial charge in [-0.2, -0.15) is 0 Å². The molecule has 1 aliphatic rings. The van der Waals surface area contributed by atoms with Crippen molar-refractivity contribution in [2.45, 2.75) is 52.9 Å². The summed E-state index contributed by atoms with van der Waals surface area (Å²) in [5.74, 6) is 1.79. The van der Waals surface area contributed by atoms with Gasteiger partial charge in [0, 0.05) is 0 Å². The first-order valence-electron chi connectivity index (χ1n) is 5.58. The first-order chi connectivity index (χ1) is 5.88. The summed E-state index contributed by atoms with van der Waals surface area (Å²) in [7, 11) is 0. The van der Waals surface area contributed by atoms with E-state index in [0.29, 0.717) is 0 Å². The zero-order valence-corrected chi connectivity index (χ0v) is 8.97. The van der Waals surface area contributed by atoms with Crippen molar-refractivity contribution in [2.24, 2.45) is 17.6 Å². The molecule has 0 aromatic rings. The summed E-state index contributed by atoms with van der Waals surface area (Å²) in [6.45, 7) is 7.21. The van der Waals surface area contributed by atoms with Gasteiger partial charge in [-0.1, -0.05) is 46.5 Å². The Balaban J connectivity index is 0.000000561. The molecule has 1 heteroatoms. The molecule has 0 amide bonds. The Hall–Kier alpha value is -0.0400. The Kier molecular flexibility index (Phi) is 7.58. The molecular weight excluding hydrogens is 146 g/mol. The lowest BCUT2D eigenvalue weighted by atomic mass is 9.78. The second kappa shape index (κ2) is 7.60. The number of nitrogens with two attached hydrogens (primary N) is 1. The Bertz CT molecular complexity index is 79.0. The Morgan fingerprint density at radius 2 is 1.58 bits per heavy atom. The van der Waals surface area contributed by atoms with Crippen LogP contribution in [0.1, 0.15) is 52.9 Å². The molecule has 12 heavy (non-hydrogen) atoms. The highest BCUT2D eigenvalue weighted by atomic mass is 14.6. The van der Waals surface area contributed by atoms with E-state index in [-0.39, 0.29) is 0 Å². The van der Waals surface area contributed by atoms with Crippen LogP contribution in [0.4, 0.5) is 0 Å². The average Bonchev–Trinajstić information content (AvgIpc) is 2.20. The first kappa shape index (κ1) is 12.0. The summed E-state index contributed by atoms with van der Waals surface area (Å²) < 4.78 is 0. The molecule has 0 saturated heterocycles. The van der Waals surface area contributed by atoms with Gasteiger partial charge in [-0.3, -0.25) is 0 Å². The van der Waals surface area contributed by atoms with Gasteiger partial charge in [0.05, 0.1) is 0 Å². The molecule has 0 aliphatic heterocycles. The lowest BCUT2D eigenvalue weighted by molar-refractivity contribution is 0.237. The molecular formula is C11H25N. The quantitative estimate of drug-likeness (QED) is 0.678. The molecule has 1 nitrogen and oxygen atoms in total. The van der Waals surface area contributed by atoms with Crippen molar-refractivity contribution in [3.63, 3.8) is 0 Å². The molecule has 0 spiro atoms. The van der Waals surface area contributed by atoms with Crippen LogP contribution < -0.4 is 5.73 Å². The summed E-state index contributed by atoms with van der Waals surface area (Å²) in [6.07, 6.45) is 7.00. The van der Waals surface area contributed by atoms with Gasteiger partial charge in [0.1, 0.15) is 0 Å². The van der Waals surface area contributed by atoms with Crippen molar-refractivity contribution in [3.05, 3.63) is 0 Å². The predicted octanol–water partition coefficient (Wildman–Crippen LogP) is 3.19. The molecule has 0 radical (unpaired) electrons. The van der Waals surface area contributed by atoms with Crippen LogP contribution >= 0.6 is 0 Å². The van der Waals surface area contributed by atoms with E-state index in [2.05, 4.69) is 6.92 Å². The molecule has 1 fully saturated rings. The highest BCUT2D eigenvalue weighted by Crippen LogP contribution is 2.30. The van der Waals surface area contributed by atoms with E-state index in [1.165, 1.54) is 32.1 Å². The molecule has 2 atom stereocenters. The zero-order chi connectivity index (χ0) is 9.40. The Morgan fingerprint density at radius 3 is 1.92 bits per heavy atom. The van der Waals surface area contributed by atoms with Crippen LogP contribution in [0.15, 0.2) is 0 Å². The van der Waals surface area contributed by atoms with Gasteiger partial charge in [0.25, 0.3) is 0 Å². The first-order valence-corrected chi connectivity index (χ1v) is 5.58. The lowest BCUT2D eigenvalue weighted by Gasteiger charge is -2.29. The third kappa shape index (κ3) is 3.57. The largest absolute Gasteiger partial charge is 0.330 e. The number of hydrogen-bond donors (Lipinski definition) is 1. The fourth-order valence-corrected chi connectivity index (χ4v) is 2.13. The van der Waals surface area contributed by atoms with Crippen LogP contribution in [0.3, 0.4) is 0 Å². The molecule has 0 heterocycles. The van der Waals surface area contributed by atoms with Gasteiger partial charge < -0.3 is 5.73 Å². The third-order valence-electron chi connectivity index (χ3n) is 2.89. The maximum absolute atomic E-state index is 5.67. The predicted molar refractivity (Wildman–Crippen MR) is 56.1 cm³/mol. The lowest BCUT2D eigenvalue weighted by Crippen LogP contribution is -2.26. The third-order valence-corrected chi connectivity index (χ3v) is 2.89. The summed E-state index contributed by atoms with van der Waals surface area (Å²) in [4.78, 5) is 0. The van der Waals surface area contributed by atoms with E-state index in [1.54, 1.807) is 0 Å². The van der Waals surface area contributed by atoms with Crippen LogP contribution in [0.2, 0.25) is 0 Å². The smallest absolute Gasteiger partial charge is 0.00462 e. The van der Waals surface area contributed by atoms with Gasteiger partial charge in [0.15, 0.2) is 0 Å². The highest BCUT2D eigenvalue weighted by Gasteiger charge is 2.21. The molecule has 2 unspecified atom stereocenters. The summed E-state index contributed by atoms with van der Waals surface area (Å²) in [5.41, 5.74) is 5.67. The second-order valence-corrected chi connectivity index (χ2v) is 3.45. The van der Waals surface area contributed by atoms with E-state index in [0.717, 1.165) is 18.4 Å². The van der Waals surface area contributed by atoms with Crippen molar-refractivity contribution in [1.82, 2.24) is 0 Å². The fraction of sp³-hybridized carbons (Fsp3) is 1.00. The van der Waals surface area contributed by atoms with Gasteiger partial charge in [-0.25, -0.2) is 0 Å². The van der Waals surface area contributed by atoms with Crippen LogP contribution in [0.5, 0.6) is 0 Å². The molecule has 0 aromatic carbocycles. The summed E-state index contributed by atoms with van der Waals surface area (Å²) in [6, 6.07) is 0. The van der Waals surface area contributed by atoms with E-state index < -0.39 is 0 Å². The van der Waals surface area contributed by atoms with Crippen LogP contribution in [-0.4, -0.2) is 6.54 Å². The molecule has 1 aliphatic carbocycles. The minimum absolute atomic E-state index is 0.846. The standard InChI is InChI=1S/C9H19N.C2H6/c1-2-8-5-3-4-6-9(8)7-10;1-2/h8-9H,2-7,10H2,1H3;1-2H3. The Labute approximate surface area is 77.7 Å². The monoisotopic (exact) mass is 171 g/mol. The molecule has 74 valence electrons. The number of hydrogen-bond acceptors (Lipinski definition) is 1. The van der Waals surface area contributed by atoms with Crippen LogP contribution in [0, 0.1) is 11.8 Å². The van der Waals surface area contributed by atoms with E-state index >= 15 is 0 Å². The van der Waals surface area contributed by atoms with Crippen LogP contribution in [0.25, 0.3) is 0 Å². The van der Waals surface area contributed by atoms with Crippen molar-refractivity contribution in [3.8, 4) is 0 Å². The zero-order valence-electron chi connectivity index (χ0n) is 8.97. The van der Waals surface area contributed by atoms with Crippen LogP contribution in [-0.2, 0) is 0 Å². The molecule has 0 bridgehead atoms. The minimum Gasteiger partial charge on any atom is -0.330 e. The van der Waals surface area contributed by atoms with E-state index in [4.69, 9.17) is 5.73 Å². The van der Waals surface area contributed by atoms with Crippen molar-refractivity contribution >= 4 is 0 Å². The summed E-state index contributed by atoms with van der Waals surface area (Å²) >= 11 is 0. The van der Waals surface area contributed by atoms with Gasteiger partial charge in [0.2, 0.25) is 0 Å². The molecule has 2 N–H and O–H groups in total. The normalized spacial score (nSPS) is 29.0. The minimum atomic E-state index is 0.846. The van der Waals surface area contributed by atoms with E-state index in [1.807, 2.05) is 13.8 Å². The van der Waals surface area contributed by atoms with Crippen molar-refractivity contribution < 1.29 is 0 Å². The highest BCUT2D eigenvalue weighted by molar-refractivity contribution is 4.74. The molecule has 1 saturated carbocycles. The second-order valence-electron chi connectivity index (χ2n) is 3.45. The van der Waals surface area contributed by atoms with Gasteiger partial charge >= 0.3 is 0 Å². The molecule has 0 aromatic heterocycles. The maximum Gasteiger partial charge on any atom is -0.00462 e.